The Morgan fingerprint density at radius 2 is 1.96 bits per heavy atom. The molecule has 8 heteroatoms. The molecular formula is C19H33Cl2N3O2S. The zero-order valence-electron chi connectivity index (χ0n) is 15.9. The first-order valence-corrected chi connectivity index (χ1v) is 10.4. The summed E-state index contributed by atoms with van der Waals surface area (Å²) in [5.74, 6) is 0.155. The quantitative estimate of drug-likeness (QED) is 0.685. The molecule has 5 nitrogen and oxygen atoms in total. The maximum absolute atomic E-state index is 12.6. The summed E-state index contributed by atoms with van der Waals surface area (Å²) < 4.78 is 5.48. The van der Waals surface area contributed by atoms with Crippen molar-refractivity contribution in [2.45, 2.75) is 44.6 Å². The van der Waals surface area contributed by atoms with Crippen LogP contribution in [0.5, 0.6) is 0 Å². The number of nitrogens with two attached hydrogens (primary N) is 1. The number of carbonyl (C=O) groups is 1. The molecule has 1 saturated carbocycles. The molecule has 3 rings (SSSR count). The molecule has 2 heterocycles. The lowest BCUT2D eigenvalue weighted by Gasteiger charge is -2.36. The predicted molar refractivity (Wildman–Crippen MR) is 116 cm³/mol. The molecule has 1 aliphatic carbocycles. The topological polar surface area (TPSA) is 67.6 Å². The predicted octanol–water partition coefficient (Wildman–Crippen LogP) is 3.38. The summed E-state index contributed by atoms with van der Waals surface area (Å²) in [4.78, 5) is 16.4. The number of amides is 1. The van der Waals surface area contributed by atoms with E-state index in [4.69, 9.17) is 10.5 Å². The molecule has 2 aliphatic rings. The van der Waals surface area contributed by atoms with Crippen LogP contribution in [0.15, 0.2) is 17.5 Å². The van der Waals surface area contributed by atoms with Gasteiger partial charge in [-0.15, -0.1) is 36.2 Å². The maximum atomic E-state index is 12.6. The van der Waals surface area contributed by atoms with E-state index < -0.39 is 0 Å². The Morgan fingerprint density at radius 3 is 2.56 bits per heavy atom. The van der Waals surface area contributed by atoms with E-state index in [1.165, 1.54) is 24.1 Å². The number of halogens is 2. The van der Waals surface area contributed by atoms with Gasteiger partial charge >= 0.3 is 0 Å². The summed E-state index contributed by atoms with van der Waals surface area (Å²) in [6, 6.07) is 4.49. The average molecular weight is 438 g/mol. The molecule has 2 fully saturated rings. The molecule has 1 aromatic rings. The molecule has 0 aromatic carbocycles. The van der Waals surface area contributed by atoms with Crippen LogP contribution >= 0.6 is 36.2 Å². The molecule has 1 amide bonds. The zero-order chi connectivity index (χ0) is 17.5. The van der Waals surface area contributed by atoms with E-state index in [-0.39, 0.29) is 42.2 Å². The minimum atomic E-state index is 0. The van der Waals surface area contributed by atoms with Crippen molar-refractivity contribution >= 4 is 42.1 Å². The van der Waals surface area contributed by atoms with E-state index in [2.05, 4.69) is 27.7 Å². The molecule has 1 atom stereocenters. The van der Waals surface area contributed by atoms with E-state index in [9.17, 15) is 4.79 Å². The highest BCUT2D eigenvalue weighted by atomic mass is 35.5. The van der Waals surface area contributed by atoms with Crippen molar-refractivity contribution in [2.75, 3.05) is 39.4 Å². The molecule has 1 saturated heterocycles. The van der Waals surface area contributed by atoms with Crippen molar-refractivity contribution in [3.8, 4) is 0 Å². The van der Waals surface area contributed by atoms with Gasteiger partial charge in [0.05, 0.1) is 19.3 Å². The van der Waals surface area contributed by atoms with Crippen LogP contribution < -0.4 is 11.1 Å². The molecule has 3 N–H and O–H groups in total. The Bertz CT molecular complexity index is 533. The lowest BCUT2D eigenvalue weighted by Crippen LogP contribution is -2.45. The number of nitrogens with zero attached hydrogens (tertiary/aromatic N) is 1. The third-order valence-corrected chi connectivity index (χ3v) is 6.71. The fourth-order valence-corrected chi connectivity index (χ4v) is 5.01. The van der Waals surface area contributed by atoms with Gasteiger partial charge in [0.25, 0.3) is 0 Å². The Balaban J connectivity index is 0.00000182. The van der Waals surface area contributed by atoms with Gasteiger partial charge in [-0.2, -0.15) is 0 Å². The van der Waals surface area contributed by atoms with Gasteiger partial charge in [0, 0.05) is 30.9 Å². The largest absolute Gasteiger partial charge is 0.379 e. The monoisotopic (exact) mass is 437 g/mol. The lowest BCUT2D eigenvalue weighted by atomic mass is 9.71. The van der Waals surface area contributed by atoms with Crippen LogP contribution in [-0.4, -0.2) is 50.2 Å². The van der Waals surface area contributed by atoms with Crippen LogP contribution in [0.4, 0.5) is 0 Å². The van der Waals surface area contributed by atoms with Gasteiger partial charge in [0.2, 0.25) is 5.91 Å². The Hall–Kier alpha value is -0.370. The maximum Gasteiger partial charge on any atom is 0.220 e. The second kappa shape index (κ2) is 12.2. The van der Waals surface area contributed by atoms with Crippen LogP contribution in [0, 0.1) is 5.41 Å². The minimum Gasteiger partial charge on any atom is -0.379 e. The number of hydrogen-bond donors (Lipinski definition) is 2. The first-order valence-electron chi connectivity index (χ1n) is 9.54. The van der Waals surface area contributed by atoms with E-state index in [1.807, 2.05) is 0 Å². The van der Waals surface area contributed by atoms with Crippen LogP contribution in [-0.2, 0) is 9.53 Å². The molecule has 27 heavy (non-hydrogen) atoms. The normalized spacial score (nSPS) is 20.8. The number of carbonyl (C=O) groups excluding carboxylic acids is 1. The number of nitrogens with one attached hydrogen (secondary N) is 1. The van der Waals surface area contributed by atoms with Crippen molar-refractivity contribution in [3.63, 3.8) is 0 Å². The summed E-state index contributed by atoms with van der Waals surface area (Å²) >= 11 is 1.76. The van der Waals surface area contributed by atoms with Crippen LogP contribution in [0.2, 0.25) is 0 Å². The highest BCUT2D eigenvalue weighted by molar-refractivity contribution is 7.10. The van der Waals surface area contributed by atoms with Gasteiger partial charge in [-0.1, -0.05) is 25.3 Å². The van der Waals surface area contributed by atoms with Gasteiger partial charge in [-0.3, -0.25) is 9.69 Å². The Morgan fingerprint density at radius 1 is 1.26 bits per heavy atom. The smallest absolute Gasteiger partial charge is 0.220 e. The number of rotatable bonds is 7. The molecule has 0 bridgehead atoms. The molecule has 156 valence electrons. The van der Waals surface area contributed by atoms with Crippen molar-refractivity contribution in [3.05, 3.63) is 22.4 Å². The van der Waals surface area contributed by atoms with E-state index in [1.54, 1.807) is 11.3 Å². The Kier molecular flexibility index (Phi) is 11.2. The number of thiophene rings is 1. The molecule has 1 aliphatic heterocycles. The fourth-order valence-electron chi connectivity index (χ4n) is 4.15. The van der Waals surface area contributed by atoms with Crippen LogP contribution in [0.3, 0.4) is 0 Å². The number of morpholine rings is 1. The standard InChI is InChI=1S/C19H31N3O2S.2ClH/c20-15-19(6-2-1-3-7-19)13-18(23)21-14-16(17-5-4-12-25-17)22-8-10-24-11-9-22;;/h4-5,12,16H,1-3,6-11,13-15,20H2,(H,21,23);2*1H. The highest BCUT2D eigenvalue weighted by Crippen LogP contribution is 2.38. The molecule has 1 aromatic heterocycles. The second-order valence-electron chi connectivity index (χ2n) is 7.43. The van der Waals surface area contributed by atoms with E-state index in [0.29, 0.717) is 19.5 Å². The minimum absolute atomic E-state index is 0. The first kappa shape index (κ1) is 24.7. The van der Waals surface area contributed by atoms with Gasteiger partial charge in [0.1, 0.15) is 0 Å². The van der Waals surface area contributed by atoms with Crippen molar-refractivity contribution in [1.29, 1.82) is 0 Å². The molecule has 0 radical (unpaired) electrons. The lowest BCUT2D eigenvalue weighted by molar-refractivity contribution is -0.124. The van der Waals surface area contributed by atoms with Gasteiger partial charge in [0.15, 0.2) is 0 Å². The second-order valence-corrected chi connectivity index (χ2v) is 8.40. The number of hydrogen-bond acceptors (Lipinski definition) is 5. The molecule has 0 spiro atoms. The summed E-state index contributed by atoms with van der Waals surface area (Å²) in [5.41, 5.74) is 6.06. The third-order valence-electron chi connectivity index (χ3n) is 5.73. The third kappa shape index (κ3) is 6.87. The molecule has 1 unspecified atom stereocenters. The van der Waals surface area contributed by atoms with Gasteiger partial charge in [-0.05, 0) is 36.2 Å². The fraction of sp³-hybridized carbons (Fsp3) is 0.737. The van der Waals surface area contributed by atoms with Gasteiger partial charge in [-0.25, -0.2) is 0 Å². The van der Waals surface area contributed by atoms with Gasteiger partial charge < -0.3 is 15.8 Å². The van der Waals surface area contributed by atoms with Crippen molar-refractivity contribution < 1.29 is 9.53 Å². The SMILES string of the molecule is Cl.Cl.NCC1(CC(=O)NCC(c2cccs2)N2CCOCC2)CCCCC1. The Labute approximate surface area is 179 Å². The van der Waals surface area contributed by atoms with E-state index in [0.717, 1.165) is 39.1 Å². The highest BCUT2D eigenvalue weighted by Gasteiger charge is 2.33. The molecular weight excluding hydrogens is 405 g/mol. The van der Waals surface area contributed by atoms with Crippen LogP contribution in [0.1, 0.15) is 49.4 Å². The van der Waals surface area contributed by atoms with E-state index >= 15 is 0 Å². The van der Waals surface area contributed by atoms with Crippen molar-refractivity contribution in [1.82, 2.24) is 10.2 Å². The summed E-state index contributed by atoms with van der Waals surface area (Å²) in [5, 5.41) is 5.31. The summed E-state index contributed by atoms with van der Waals surface area (Å²) in [7, 11) is 0. The first-order chi connectivity index (χ1) is 12.2. The van der Waals surface area contributed by atoms with Crippen LogP contribution in [0.25, 0.3) is 0 Å². The summed E-state index contributed by atoms with van der Waals surface area (Å²) in [6.45, 7) is 4.67. The summed E-state index contributed by atoms with van der Waals surface area (Å²) in [6.07, 6.45) is 6.44. The average Bonchev–Trinajstić information content (AvgIpc) is 3.18. The zero-order valence-corrected chi connectivity index (χ0v) is 18.3. The van der Waals surface area contributed by atoms with Crippen molar-refractivity contribution in [2.24, 2.45) is 11.1 Å². The number of ether oxygens (including phenoxy) is 1.